The molecule has 41 heavy (non-hydrogen) atoms. The third-order valence-corrected chi connectivity index (χ3v) is 8.97. The molecule has 4 atom stereocenters. The van der Waals surface area contributed by atoms with Crippen molar-refractivity contribution in [3.63, 3.8) is 0 Å². The van der Waals surface area contributed by atoms with Crippen molar-refractivity contribution < 1.29 is 45.0 Å². The summed E-state index contributed by atoms with van der Waals surface area (Å²) < 4.78 is 107. The summed E-state index contributed by atoms with van der Waals surface area (Å²) in [6.07, 6.45) is -6.25. The van der Waals surface area contributed by atoms with Crippen molar-refractivity contribution in [1.29, 1.82) is 0 Å². The number of alkyl halides is 6. The molecule has 4 nitrogen and oxygen atoms in total. The fourth-order valence-corrected chi connectivity index (χ4v) is 6.57. The fourth-order valence-electron chi connectivity index (χ4n) is 6.57. The zero-order valence-corrected chi connectivity index (χ0v) is 22.7. The van der Waals surface area contributed by atoms with E-state index >= 15 is 0 Å². The SMILES string of the molecule is C[C@@H](O[C@H]1OCC[C@@H](CC2CCC3(CC2)CNOC3)[C@@H]1c1ccc(F)cc1)c1cc(C(F)(F)F)cc(C(F)(F)F)c1. The van der Waals surface area contributed by atoms with Crippen LogP contribution in [0.5, 0.6) is 0 Å². The summed E-state index contributed by atoms with van der Waals surface area (Å²) in [5, 5.41) is 0. The predicted octanol–water partition coefficient (Wildman–Crippen LogP) is 8.19. The fraction of sp³-hybridized carbons (Fsp3) is 0.600. The molecule has 0 amide bonds. The highest BCUT2D eigenvalue weighted by Crippen LogP contribution is 2.47. The van der Waals surface area contributed by atoms with Crippen LogP contribution in [0.3, 0.4) is 0 Å². The van der Waals surface area contributed by atoms with Crippen LogP contribution in [0.25, 0.3) is 0 Å². The molecule has 2 aromatic carbocycles. The summed E-state index contributed by atoms with van der Waals surface area (Å²) in [6, 6.07) is 7.44. The molecule has 2 aromatic rings. The molecule has 2 aliphatic heterocycles. The Labute approximate surface area is 234 Å². The van der Waals surface area contributed by atoms with Gasteiger partial charge < -0.3 is 14.3 Å². The van der Waals surface area contributed by atoms with Gasteiger partial charge in [-0.2, -0.15) is 26.3 Å². The molecular formula is C30H34F7NO3. The Morgan fingerprint density at radius 1 is 0.951 bits per heavy atom. The van der Waals surface area contributed by atoms with Crippen molar-refractivity contribution in [1.82, 2.24) is 5.48 Å². The number of nitrogens with one attached hydrogen (secondary N) is 1. The minimum atomic E-state index is -4.96. The van der Waals surface area contributed by atoms with E-state index in [-0.39, 0.29) is 28.9 Å². The average molecular weight is 590 g/mol. The van der Waals surface area contributed by atoms with Crippen molar-refractivity contribution in [2.24, 2.45) is 17.3 Å². The van der Waals surface area contributed by atoms with Crippen molar-refractivity contribution in [2.75, 3.05) is 19.8 Å². The lowest BCUT2D eigenvalue weighted by Gasteiger charge is -2.42. The predicted molar refractivity (Wildman–Crippen MR) is 136 cm³/mol. The molecule has 0 aromatic heterocycles. The topological polar surface area (TPSA) is 39.7 Å². The van der Waals surface area contributed by atoms with Crippen molar-refractivity contribution >= 4 is 0 Å². The molecule has 2 saturated heterocycles. The number of hydroxylamine groups is 1. The molecule has 3 aliphatic rings. The first-order valence-electron chi connectivity index (χ1n) is 14.0. The maximum atomic E-state index is 13.8. The van der Waals surface area contributed by atoms with E-state index in [1.807, 2.05) is 0 Å². The first kappa shape index (κ1) is 30.3. The Morgan fingerprint density at radius 2 is 1.59 bits per heavy atom. The molecule has 1 saturated carbocycles. The Kier molecular flexibility index (Phi) is 8.72. The second-order valence-corrected chi connectivity index (χ2v) is 11.8. The van der Waals surface area contributed by atoms with Crippen LogP contribution in [0.2, 0.25) is 0 Å². The van der Waals surface area contributed by atoms with Crippen LogP contribution in [0.1, 0.15) is 79.7 Å². The van der Waals surface area contributed by atoms with E-state index in [0.29, 0.717) is 37.7 Å². The highest BCUT2D eigenvalue weighted by Gasteiger charge is 2.43. The number of hydrogen-bond donors (Lipinski definition) is 1. The van der Waals surface area contributed by atoms with E-state index in [2.05, 4.69) is 5.48 Å². The van der Waals surface area contributed by atoms with Gasteiger partial charge in [0.15, 0.2) is 6.29 Å². The lowest BCUT2D eigenvalue weighted by Crippen LogP contribution is -2.39. The van der Waals surface area contributed by atoms with Crippen LogP contribution < -0.4 is 5.48 Å². The van der Waals surface area contributed by atoms with Crippen molar-refractivity contribution in [2.45, 2.75) is 76.1 Å². The number of benzene rings is 2. The maximum absolute atomic E-state index is 13.8. The van der Waals surface area contributed by atoms with Crippen molar-refractivity contribution in [3.8, 4) is 0 Å². The van der Waals surface area contributed by atoms with Gasteiger partial charge in [-0.05, 0) is 98.7 Å². The van der Waals surface area contributed by atoms with E-state index in [0.717, 1.165) is 44.2 Å². The van der Waals surface area contributed by atoms with Crippen molar-refractivity contribution in [3.05, 3.63) is 70.5 Å². The average Bonchev–Trinajstić information content (AvgIpc) is 3.38. The van der Waals surface area contributed by atoms with E-state index in [9.17, 15) is 30.7 Å². The first-order valence-corrected chi connectivity index (χ1v) is 14.0. The molecule has 2 heterocycles. The summed E-state index contributed by atoms with van der Waals surface area (Å²) in [6.45, 7) is 3.30. The summed E-state index contributed by atoms with van der Waals surface area (Å²) >= 11 is 0. The molecule has 1 N–H and O–H groups in total. The smallest absolute Gasteiger partial charge is 0.352 e. The molecule has 11 heteroatoms. The van der Waals surface area contributed by atoms with Crippen LogP contribution in [0.4, 0.5) is 30.7 Å². The Balaban J connectivity index is 1.38. The normalized spacial score (nSPS) is 30.0. The lowest BCUT2D eigenvalue weighted by molar-refractivity contribution is -0.210. The maximum Gasteiger partial charge on any atom is 0.416 e. The van der Waals surface area contributed by atoms with Gasteiger partial charge in [-0.25, -0.2) is 9.87 Å². The van der Waals surface area contributed by atoms with Crippen LogP contribution >= 0.6 is 0 Å². The standard InChI is InChI=1S/C30H34F7NO3/c1-18(22-13-23(29(32,33)34)15-24(14-22)30(35,36)37)41-27-26(20-2-4-25(31)5-3-20)21(8-11-39-27)12-19-6-9-28(10-7-19)16-38-40-17-28/h2-5,13-15,18-19,21,26-27,38H,6-12,16-17H2,1H3/t18-,19?,21+,26+,27-,28?/m1/s1. The summed E-state index contributed by atoms with van der Waals surface area (Å²) in [5.74, 6) is -0.257. The summed E-state index contributed by atoms with van der Waals surface area (Å²) in [5.41, 5.74) is 0.874. The van der Waals surface area contributed by atoms with Gasteiger partial charge in [0.1, 0.15) is 5.82 Å². The van der Waals surface area contributed by atoms with Crippen LogP contribution in [0.15, 0.2) is 42.5 Å². The van der Waals surface area contributed by atoms with Gasteiger partial charge in [0.2, 0.25) is 0 Å². The number of hydrogen-bond acceptors (Lipinski definition) is 4. The molecule has 226 valence electrons. The third kappa shape index (κ3) is 7.06. The minimum absolute atomic E-state index is 0.0793. The van der Waals surface area contributed by atoms with Gasteiger partial charge in [0.25, 0.3) is 0 Å². The highest BCUT2D eigenvalue weighted by molar-refractivity contribution is 5.35. The number of rotatable bonds is 6. The third-order valence-electron chi connectivity index (χ3n) is 8.97. The van der Waals surface area contributed by atoms with Gasteiger partial charge in [0.05, 0.1) is 30.4 Å². The van der Waals surface area contributed by atoms with E-state index in [4.69, 9.17) is 14.3 Å². The van der Waals surface area contributed by atoms with Gasteiger partial charge in [-0.3, -0.25) is 0 Å². The highest BCUT2D eigenvalue weighted by atomic mass is 19.4. The lowest BCUT2D eigenvalue weighted by atomic mass is 9.67. The Bertz CT molecular complexity index is 1140. The van der Waals surface area contributed by atoms with Gasteiger partial charge >= 0.3 is 12.4 Å². The van der Waals surface area contributed by atoms with E-state index in [1.165, 1.54) is 19.1 Å². The van der Waals surface area contributed by atoms with Gasteiger partial charge in [0, 0.05) is 17.9 Å². The molecule has 5 rings (SSSR count). The van der Waals surface area contributed by atoms with Crippen LogP contribution in [-0.2, 0) is 26.7 Å². The molecule has 0 bridgehead atoms. The molecule has 1 aliphatic carbocycles. The summed E-state index contributed by atoms with van der Waals surface area (Å²) in [7, 11) is 0. The van der Waals surface area contributed by atoms with Gasteiger partial charge in [-0.1, -0.05) is 12.1 Å². The molecule has 0 radical (unpaired) electrons. The molecule has 0 unspecified atom stereocenters. The molecular weight excluding hydrogens is 555 g/mol. The van der Waals surface area contributed by atoms with E-state index < -0.39 is 41.7 Å². The summed E-state index contributed by atoms with van der Waals surface area (Å²) in [4.78, 5) is 5.41. The Morgan fingerprint density at radius 3 is 2.15 bits per heavy atom. The van der Waals surface area contributed by atoms with Gasteiger partial charge in [-0.15, -0.1) is 0 Å². The number of halogens is 7. The molecule has 1 spiro atoms. The van der Waals surface area contributed by atoms with Crippen LogP contribution in [-0.4, -0.2) is 26.0 Å². The minimum Gasteiger partial charge on any atom is -0.352 e. The molecule has 3 fully saturated rings. The number of ether oxygens (including phenoxy) is 2. The van der Waals surface area contributed by atoms with Crippen LogP contribution in [0, 0.1) is 23.1 Å². The largest absolute Gasteiger partial charge is 0.416 e. The zero-order valence-electron chi connectivity index (χ0n) is 22.7. The first-order chi connectivity index (χ1) is 19.3. The quantitative estimate of drug-likeness (QED) is 0.345. The Hall–Kier alpha value is -2.21. The monoisotopic (exact) mass is 589 g/mol. The van der Waals surface area contributed by atoms with E-state index in [1.54, 1.807) is 12.1 Å². The zero-order chi connectivity index (χ0) is 29.4. The second kappa shape index (κ2) is 11.8. The second-order valence-electron chi connectivity index (χ2n) is 11.8.